The summed E-state index contributed by atoms with van der Waals surface area (Å²) in [5.41, 5.74) is 2.84. The molecule has 21 heavy (non-hydrogen) atoms. The summed E-state index contributed by atoms with van der Waals surface area (Å²) in [5.74, 6) is 0.990. The van der Waals surface area contributed by atoms with Crippen molar-refractivity contribution in [2.24, 2.45) is 5.16 Å². The summed E-state index contributed by atoms with van der Waals surface area (Å²) >= 11 is 0. The molecular weight excluding hydrogens is 269 g/mol. The van der Waals surface area contributed by atoms with E-state index in [-0.39, 0.29) is 5.82 Å². The van der Waals surface area contributed by atoms with Gasteiger partial charge in [-0.05, 0) is 66.5 Å². The Labute approximate surface area is 122 Å². The lowest BCUT2D eigenvalue weighted by Crippen LogP contribution is -1.87. The molecule has 0 saturated carbocycles. The second-order valence-electron chi connectivity index (χ2n) is 4.84. The average Bonchev–Trinajstić information content (AvgIpc) is 2.99. The van der Waals surface area contributed by atoms with Crippen LogP contribution >= 0.6 is 0 Å². The third-order valence-electron chi connectivity index (χ3n) is 3.37. The van der Waals surface area contributed by atoms with Crippen LogP contribution in [0.25, 0.3) is 5.57 Å². The van der Waals surface area contributed by atoms with E-state index in [1.54, 1.807) is 12.1 Å². The molecule has 0 saturated heterocycles. The molecule has 0 heterocycles. The number of hydrogen-bond acceptors (Lipinski definition) is 3. The topological polar surface area (TPSA) is 41.8 Å². The van der Waals surface area contributed by atoms with E-state index in [0.29, 0.717) is 17.2 Å². The highest BCUT2D eigenvalue weighted by Crippen LogP contribution is 2.30. The number of nitrogens with zero attached hydrogens (tertiary/aromatic N) is 1. The summed E-state index contributed by atoms with van der Waals surface area (Å²) in [5, 5.41) is 12.0. The van der Waals surface area contributed by atoms with Crippen molar-refractivity contribution in [3.63, 3.8) is 0 Å². The molecule has 0 amide bonds. The van der Waals surface area contributed by atoms with Gasteiger partial charge in [0.2, 0.25) is 0 Å². The fourth-order valence-corrected chi connectivity index (χ4v) is 2.31. The lowest BCUT2D eigenvalue weighted by molar-refractivity contribution is 0.318. The van der Waals surface area contributed by atoms with Crippen molar-refractivity contribution in [2.75, 3.05) is 0 Å². The van der Waals surface area contributed by atoms with Gasteiger partial charge in [-0.1, -0.05) is 17.3 Å². The van der Waals surface area contributed by atoms with Crippen molar-refractivity contribution in [1.29, 1.82) is 0 Å². The van der Waals surface area contributed by atoms with Gasteiger partial charge in [0.25, 0.3) is 0 Å². The molecule has 3 nitrogen and oxygen atoms in total. The minimum absolute atomic E-state index is 0.289. The number of ether oxygens (including phenoxy) is 1. The molecule has 0 aromatic heterocycles. The maximum Gasteiger partial charge on any atom is 0.128 e. The van der Waals surface area contributed by atoms with Gasteiger partial charge in [0.05, 0.1) is 5.71 Å². The summed E-state index contributed by atoms with van der Waals surface area (Å²) in [7, 11) is 0. The van der Waals surface area contributed by atoms with Crippen molar-refractivity contribution in [2.45, 2.75) is 12.8 Å². The van der Waals surface area contributed by atoms with Crippen molar-refractivity contribution in [3.05, 3.63) is 66.0 Å². The van der Waals surface area contributed by atoms with Gasteiger partial charge in [-0.15, -0.1) is 0 Å². The first kappa shape index (κ1) is 13.4. The maximum absolute atomic E-state index is 12.9. The summed E-state index contributed by atoms with van der Waals surface area (Å²) in [6.45, 7) is 0. The molecule has 0 bridgehead atoms. The summed E-state index contributed by atoms with van der Waals surface area (Å²) in [4.78, 5) is 0. The fraction of sp³-hybridized carbons (Fsp3) is 0.118. The molecule has 0 spiro atoms. The van der Waals surface area contributed by atoms with Gasteiger partial charge in [0.1, 0.15) is 17.3 Å². The molecule has 2 aromatic rings. The van der Waals surface area contributed by atoms with E-state index in [1.165, 1.54) is 12.1 Å². The number of benzene rings is 2. The molecule has 0 fully saturated rings. The van der Waals surface area contributed by atoms with Gasteiger partial charge in [0, 0.05) is 0 Å². The summed E-state index contributed by atoms with van der Waals surface area (Å²) < 4.78 is 18.6. The molecule has 1 aliphatic carbocycles. The molecule has 4 heteroatoms. The Hall–Kier alpha value is -2.62. The van der Waals surface area contributed by atoms with E-state index in [4.69, 9.17) is 9.94 Å². The lowest BCUT2D eigenvalue weighted by Gasteiger charge is -2.08. The highest BCUT2D eigenvalue weighted by atomic mass is 19.1. The second kappa shape index (κ2) is 5.79. The molecule has 0 radical (unpaired) electrons. The van der Waals surface area contributed by atoms with E-state index >= 15 is 0 Å². The van der Waals surface area contributed by atoms with Crippen LogP contribution in [0.4, 0.5) is 4.39 Å². The van der Waals surface area contributed by atoms with E-state index < -0.39 is 0 Å². The van der Waals surface area contributed by atoms with Gasteiger partial charge >= 0.3 is 0 Å². The van der Waals surface area contributed by atoms with Crippen molar-refractivity contribution >= 4 is 11.3 Å². The Morgan fingerprint density at radius 1 is 1.00 bits per heavy atom. The molecule has 1 aliphatic rings. The van der Waals surface area contributed by atoms with Crippen LogP contribution in [0.5, 0.6) is 11.5 Å². The van der Waals surface area contributed by atoms with Gasteiger partial charge < -0.3 is 9.94 Å². The van der Waals surface area contributed by atoms with E-state index in [1.807, 2.05) is 30.3 Å². The Morgan fingerprint density at radius 2 is 1.81 bits per heavy atom. The summed E-state index contributed by atoms with van der Waals surface area (Å²) in [6, 6.07) is 13.6. The number of allylic oxidation sites excluding steroid dienone is 2. The van der Waals surface area contributed by atoms with Crippen LogP contribution < -0.4 is 4.74 Å². The minimum atomic E-state index is -0.289. The standard InChI is InChI=1S/C17H14FNO2/c18-14-5-8-16(9-6-14)21-17-3-1-2-12(11-17)13-4-7-15(10-13)19-20/h1-3,5-6,8-11,20H,4,7H2/b19-15+. The van der Waals surface area contributed by atoms with Crippen LogP contribution in [0.2, 0.25) is 0 Å². The third-order valence-corrected chi connectivity index (χ3v) is 3.37. The smallest absolute Gasteiger partial charge is 0.128 e. The first-order valence-corrected chi connectivity index (χ1v) is 6.70. The van der Waals surface area contributed by atoms with Crippen molar-refractivity contribution < 1.29 is 14.3 Å². The predicted octanol–water partition coefficient (Wildman–Crippen LogP) is 4.63. The van der Waals surface area contributed by atoms with Gasteiger partial charge in [-0.3, -0.25) is 0 Å². The molecule has 2 aromatic carbocycles. The Balaban J connectivity index is 1.82. The molecule has 0 atom stereocenters. The zero-order valence-electron chi connectivity index (χ0n) is 11.3. The van der Waals surface area contributed by atoms with Crippen molar-refractivity contribution in [3.8, 4) is 11.5 Å². The highest BCUT2D eigenvalue weighted by Gasteiger charge is 2.13. The highest BCUT2D eigenvalue weighted by molar-refractivity contribution is 6.05. The van der Waals surface area contributed by atoms with Crippen LogP contribution in [0.1, 0.15) is 18.4 Å². The number of hydrogen-bond donors (Lipinski definition) is 1. The van der Waals surface area contributed by atoms with Crippen LogP contribution in [0, 0.1) is 5.82 Å². The molecule has 0 unspecified atom stereocenters. The molecule has 3 rings (SSSR count). The molecular formula is C17H14FNO2. The fourth-order valence-electron chi connectivity index (χ4n) is 2.31. The molecule has 0 aliphatic heterocycles. The monoisotopic (exact) mass is 283 g/mol. The molecule has 106 valence electrons. The zero-order valence-corrected chi connectivity index (χ0v) is 11.3. The van der Waals surface area contributed by atoms with Crippen LogP contribution in [0.15, 0.2) is 59.8 Å². The summed E-state index contributed by atoms with van der Waals surface area (Å²) in [6.07, 6.45) is 3.48. The quantitative estimate of drug-likeness (QED) is 0.659. The zero-order chi connectivity index (χ0) is 14.7. The van der Waals surface area contributed by atoms with E-state index in [0.717, 1.165) is 24.0 Å². The average molecular weight is 283 g/mol. The van der Waals surface area contributed by atoms with E-state index in [9.17, 15) is 4.39 Å². The normalized spacial score (nSPS) is 16.0. The first-order valence-electron chi connectivity index (χ1n) is 6.70. The minimum Gasteiger partial charge on any atom is -0.457 e. The largest absolute Gasteiger partial charge is 0.457 e. The van der Waals surface area contributed by atoms with Gasteiger partial charge in [0.15, 0.2) is 0 Å². The van der Waals surface area contributed by atoms with Gasteiger partial charge in [-0.25, -0.2) is 4.39 Å². The number of rotatable bonds is 3. The predicted molar refractivity (Wildman–Crippen MR) is 79.3 cm³/mol. The van der Waals surface area contributed by atoms with Crippen molar-refractivity contribution in [1.82, 2.24) is 0 Å². The first-order chi connectivity index (χ1) is 10.2. The number of halogens is 1. The third kappa shape index (κ3) is 3.11. The Morgan fingerprint density at radius 3 is 2.52 bits per heavy atom. The van der Waals surface area contributed by atoms with Gasteiger partial charge in [-0.2, -0.15) is 0 Å². The van der Waals surface area contributed by atoms with E-state index in [2.05, 4.69) is 5.16 Å². The van der Waals surface area contributed by atoms with Crippen LogP contribution in [-0.4, -0.2) is 10.9 Å². The molecule has 1 N–H and O–H groups in total. The van der Waals surface area contributed by atoms with Crippen LogP contribution in [-0.2, 0) is 0 Å². The maximum atomic E-state index is 12.9. The lowest BCUT2D eigenvalue weighted by atomic mass is 10.1. The van der Waals surface area contributed by atoms with Crippen LogP contribution in [0.3, 0.4) is 0 Å². The Bertz CT molecular complexity index is 705. The second-order valence-corrected chi connectivity index (χ2v) is 4.84. The SMILES string of the molecule is O/N=C1/C=C(c2cccc(Oc3ccc(F)cc3)c2)CC1. The Kier molecular flexibility index (Phi) is 3.69. The number of oxime groups is 1.